The molecule has 1 aromatic carbocycles. The highest BCUT2D eigenvalue weighted by Crippen LogP contribution is 2.35. The molecule has 1 fully saturated rings. The van der Waals surface area contributed by atoms with E-state index in [1.807, 2.05) is 38.5 Å². The summed E-state index contributed by atoms with van der Waals surface area (Å²) in [6.07, 6.45) is 4.93. The predicted octanol–water partition coefficient (Wildman–Crippen LogP) is 4.22. The van der Waals surface area contributed by atoms with Gasteiger partial charge in [-0.2, -0.15) is 0 Å². The molecule has 1 saturated heterocycles. The van der Waals surface area contributed by atoms with E-state index in [-0.39, 0.29) is 23.9 Å². The van der Waals surface area contributed by atoms with Crippen molar-refractivity contribution >= 4 is 33.9 Å². The first-order valence-electron chi connectivity index (χ1n) is 16.1. The van der Waals surface area contributed by atoms with E-state index in [9.17, 15) is 14.7 Å². The van der Waals surface area contributed by atoms with Gasteiger partial charge in [-0.3, -0.25) is 9.59 Å². The van der Waals surface area contributed by atoms with Gasteiger partial charge in [0.15, 0.2) is 5.82 Å². The summed E-state index contributed by atoms with van der Waals surface area (Å²) in [6.45, 7) is 8.06. The van der Waals surface area contributed by atoms with E-state index in [0.29, 0.717) is 29.8 Å². The molecule has 0 radical (unpaired) electrons. The molecule has 3 aromatic heterocycles. The van der Waals surface area contributed by atoms with Crippen LogP contribution in [0.15, 0.2) is 30.3 Å². The molecule has 6 rings (SSSR count). The SMILES string of the molecule is COc1cc(C(=O)N[C@H]2CNCC[C@@H]2O)cc2nc(-c3cc4ccc5nc4n3CCCCCCC(C)(C)C(=O)N[C@@H]5C)n(C)c12. The van der Waals surface area contributed by atoms with Crippen LogP contribution in [0, 0.1) is 5.41 Å². The number of nitrogens with zero attached hydrogens (tertiary/aromatic N) is 4. The van der Waals surface area contributed by atoms with Crippen LogP contribution in [-0.2, 0) is 18.4 Å². The summed E-state index contributed by atoms with van der Waals surface area (Å²) in [5.74, 6) is 1.07. The number of nitrogens with one attached hydrogen (secondary N) is 3. The number of hydrogen-bond donors (Lipinski definition) is 4. The van der Waals surface area contributed by atoms with Crippen molar-refractivity contribution in [2.75, 3.05) is 20.2 Å². The standard InChI is InChI=1S/C34H45N7O4/c1-20-23-11-10-21-17-26(41(30(21)37-23)15-9-7-6-8-13-34(2,3)33(44)36-20)31-38-24-16-22(18-28(45-5)29(24)40(31)4)32(43)39-25-19-35-14-12-27(25)42/h10-11,16-18,20,25,27,35,42H,6-9,12-15,19H2,1-5H3,(H,36,44)(H,39,43)/t20-,25+,27+/m1/s1. The maximum atomic E-state index is 13.3. The van der Waals surface area contributed by atoms with Gasteiger partial charge in [0, 0.05) is 36.5 Å². The highest BCUT2D eigenvalue weighted by Gasteiger charge is 2.30. The van der Waals surface area contributed by atoms with Gasteiger partial charge in [0.1, 0.15) is 16.9 Å². The zero-order valence-corrected chi connectivity index (χ0v) is 26.9. The monoisotopic (exact) mass is 615 g/mol. The summed E-state index contributed by atoms with van der Waals surface area (Å²) in [6, 6.07) is 9.10. The van der Waals surface area contributed by atoms with E-state index < -0.39 is 11.5 Å². The van der Waals surface area contributed by atoms with E-state index in [1.54, 1.807) is 19.2 Å². The van der Waals surface area contributed by atoms with Gasteiger partial charge in [-0.1, -0.05) is 33.1 Å². The van der Waals surface area contributed by atoms with Gasteiger partial charge in [-0.25, -0.2) is 9.97 Å². The fraction of sp³-hybridized carbons (Fsp3) is 0.529. The summed E-state index contributed by atoms with van der Waals surface area (Å²) < 4.78 is 10.0. The lowest BCUT2D eigenvalue weighted by Crippen LogP contribution is -2.53. The molecule has 11 heteroatoms. The average Bonchev–Trinajstić information content (AvgIpc) is 3.55. The van der Waals surface area contributed by atoms with E-state index in [4.69, 9.17) is 14.7 Å². The van der Waals surface area contributed by atoms with Gasteiger partial charge in [0.05, 0.1) is 42.2 Å². The number of carbonyl (C=O) groups is 2. The maximum Gasteiger partial charge on any atom is 0.251 e. The number of fused-ring (bicyclic) bond motifs is 2. The highest BCUT2D eigenvalue weighted by atomic mass is 16.5. The second kappa shape index (κ2) is 12.4. The Bertz CT molecular complexity index is 1740. The largest absolute Gasteiger partial charge is 0.494 e. The van der Waals surface area contributed by atoms with Crippen LogP contribution in [-0.4, -0.2) is 68.4 Å². The van der Waals surface area contributed by atoms with Gasteiger partial charge >= 0.3 is 0 Å². The molecule has 5 heterocycles. The lowest BCUT2D eigenvalue weighted by molar-refractivity contribution is -0.130. The Morgan fingerprint density at radius 1 is 1.13 bits per heavy atom. The number of amides is 2. The summed E-state index contributed by atoms with van der Waals surface area (Å²) in [4.78, 5) is 36.5. The Hall–Kier alpha value is -3.96. The molecule has 0 aliphatic carbocycles. The number of benzene rings is 1. The second-order valence-corrected chi connectivity index (χ2v) is 13.3. The zero-order chi connectivity index (χ0) is 31.9. The van der Waals surface area contributed by atoms with Crippen LogP contribution in [0.3, 0.4) is 0 Å². The van der Waals surface area contributed by atoms with E-state index >= 15 is 0 Å². The lowest BCUT2D eigenvalue weighted by atomic mass is 9.85. The molecule has 2 aliphatic rings. The Labute approximate surface area is 263 Å². The summed E-state index contributed by atoms with van der Waals surface area (Å²) in [5.41, 5.74) is 4.04. The van der Waals surface area contributed by atoms with Crippen molar-refractivity contribution in [1.82, 2.24) is 35.1 Å². The molecule has 4 aromatic rings. The molecule has 2 bridgehead atoms. The number of hydrogen-bond acceptors (Lipinski definition) is 7. The van der Waals surface area contributed by atoms with Crippen molar-refractivity contribution in [1.29, 1.82) is 0 Å². The van der Waals surface area contributed by atoms with Crippen molar-refractivity contribution in [3.8, 4) is 17.3 Å². The number of methoxy groups -OCH3 is 1. The van der Waals surface area contributed by atoms with Gasteiger partial charge in [-0.15, -0.1) is 0 Å². The number of piperidine rings is 1. The van der Waals surface area contributed by atoms with Gasteiger partial charge < -0.3 is 34.9 Å². The minimum Gasteiger partial charge on any atom is -0.494 e. The molecule has 0 unspecified atom stereocenters. The minimum atomic E-state index is -0.591. The third-order valence-electron chi connectivity index (χ3n) is 9.51. The number of aliphatic hydroxyl groups is 1. The second-order valence-electron chi connectivity index (χ2n) is 13.3. The van der Waals surface area contributed by atoms with Crippen molar-refractivity contribution < 1.29 is 19.4 Å². The number of imidazole rings is 1. The van der Waals surface area contributed by atoms with Gasteiger partial charge in [-0.05, 0) is 63.1 Å². The smallest absolute Gasteiger partial charge is 0.251 e. The Balaban J connectivity index is 1.41. The van der Waals surface area contributed by atoms with Crippen LogP contribution in [0.4, 0.5) is 0 Å². The molecular formula is C34H45N7O4. The summed E-state index contributed by atoms with van der Waals surface area (Å²) in [5, 5.41) is 20.8. The minimum absolute atomic E-state index is 0.0540. The number of pyridine rings is 1. The molecule has 45 heavy (non-hydrogen) atoms. The molecular weight excluding hydrogens is 570 g/mol. The fourth-order valence-electron chi connectivity index (χ4n) is 6.63. The molecule has 2 amide bonds. The fourth-order valence-corrected chi connectivity index (χ4v) is 6.63. The van der Waals surface area contributed by atoms with Crippen LogP contribution >= 0.6 is 0 Å². The predicted molar refractivity (Wildman–Crippen MR) is 174 cm³/mol. The maximum absolute atomic E-state index is 13.3. The summed E-state index contributed by atoms with van der Waals surface area (Å²) >= 11 is 0. The number of carbonyl (C=O) groups excluding carboxylic acids is 2. The van der Waals surface area contributed by atoms with Crippen LogP contribution in [0.25, 0.3) is 33.6 Å². The molecule has 240 valence electrons. The van der Waals surface area contributed by atoms with Crippen molar-refractivity contribution in [3.05, 3.63) is 41.6 Å². The third-order valence-corrected chi connectivity index (χ3v) is 9.51. The van der Waals surface area contributed by atoms with Crippen LogP contribution < -0.4 is 20.7 Å². The van der Waals surface area contributed by atoms with Crippen LogP contribution in [0.2, 0.25) is 0 Å². The number of aryl methyl sites for hydroxylation is 2. The van der Waals surface area contributed by atoms with Crippen molar-refractivity contribution in [2.45, 2.75) is 84.0 Å². The van der Waals surface area contributed by atoms with Crippen LogP contribution in [0.1, 0.15) is 81.4 Å². The topological polar surface area (TPSA) is 135 Å². The van der Waals surface area contributed by atoms with E-state index in [0.717, 1.165) is 79.0 Å². The van der Waals surface area contributed by atoms with E-state index in [2.05, 4.69) is 32.7 Å². The van der Waals surface area contributed by atoms with Crippen molar-refractivity contribution in [3.63, 3.8) is 0 Å². The molecule has 11 nitrogen and oxygen atoms in total. The van der Waals surface area contributed by atoms with Gasteiger partial charge in [0.25, 0.3) is 5.91 Å². The highest BCUT2D eigenvalue weighted by molar-refractivity contribution is 6.00. The van der Waals surface area contributed by atoms with Gasteiger partial charge in [0.2, 0.25) is 5.91 Å². The normalized spacial score (nSPS) is 22.7. The molecule has 0 saturated carbocycles. The first-order chi connectivity index (χ1) is 21.6. The summed E-state index contributed by atoms with van der Waals surface area (Å²) in [7, 11) is 3.56. The zero-order valence-electron chi connectivity index (χ0n) is 26.9. The quantitative estimate of drug-likeness (QED) is 0.270. The molecule has 0 spiro atoms. The molecule has 4 N–H and O–H groups in total. The number of aliphatic hydroxyl groups excluding tert-OH is 1. The van der Waals surface area contributed by atoms with Crippen LogP contribution in [0.5, 0.6) is 5.75 Å². The average molecular weight is 616 g/mol. The molecule has 2 aliphatic heterocycles. The molecule has 3 atom stereocenters. The first-order valence-corrected chi connectivity index (χ1v) is 16.1. The number of aromatic nitrogens is 4. The Morgan fingerprint density at radius 2 is 1.93 bits per heavy atom. The number of rotatable bonds is 4. The lowest BCUT2D eigenvalue weighted by Gasteiger charge is -2.29. The van der Waals surface area contributed by atoms with Crippen molar-refractivity contribution in [2.24, 2.45) is 12.5 Å². The van der Waals surface area contributed by atoms with E-state index in [1.165, 1.54) is 0 Å². The number of ether oxygens (including phenoxy) is 1. The Kier molecular flexibility index (Phi) is 8.58. The first kappa shape index (κ1) is 31.0. The third kappa shape index (κ3) is 6.03. The Morgan fingerprint density at radius 3 is 2.71 bits per heavy atom.